The highest BCUT2D eigenvalue weighted by atomic mass is 32.2. The number of nitrogens with zero attached hydrogens (tertiary/aromatic N) is 1. The average Bonchev–Trinajstić information content (AvgIpc) is 3.10. The summed E-state index contributed by atoms with van der Waals surface area (Å²) in [6.45, 7) is 3.49. The maximum absolute atomic E-state index is 12.8. The van der Waals surface area contributed by atoms with E-state index in [0.29, 0.717) is 22.7 Å². The van der Waals surface area contributed by atoms with Crippen molar-refractivity contribution in [1.29, 1.82) is 0 Å². The molecule has 0 amide bonds. The number of benzene rings is 2. The van der Waals surface area contributed by atoms with Crippen molar-refractivity contribution in [3.63, 3.8) is 0 Å². The molecule has 0 radical (unpaired) electrons. The van der Waals surface area contributed by atoms with Crippen molar-refractivity contribution in [2.24, 2.45) is 0 Å². The molecule has 3 aromatic rings. The third kappa shape index (κ3) is 3.72. The first-order chi connectivity index (χ1) is 13.2. The average molecular weight is 400 g/mol. The standard InChI is InChI=1S/C20H20N2O5S/c1-13-11-15(6-8-17(13)22-10-4-5-18(22)20(23)24)21-28(25,26)19-9-7-16(27-3)12-14(19)2/h4-12,21H,1-3H3,(H,23,24). The predicted molar refractivity (Wildman–Crippen MR) is 106 cm³/mol. The van der Waals surface area contributed by atoms with Gasteiger partial charge in [0.2, 0.25) is 0 Å². The first-order valence-corrected chi connectivity index (χ1v) is 9.90. The van der Waals surface area contributed by atoms with Crippen LogP contribution in [0.2, 0.25) is 0 Å². The summed E-state index contributed by atoms with van der Waals surface area (Å²) < 4.78 is 34.7. The molecule has 28 heavy (non-hydrogen) atoms. The molecule has 2 aromatic carbocycles. The molecular weight excluding hydrogens is 380 g/mol. The highest BCUT2D eigenvalue weighted by Crippen LogP contribution is 2.26. The molecule has 2 N–H and O–H groups in total. The summed E-state index contributed by atoms with van der Waals surface area (Å²) in [5.41, 5.74) is 2.47. The number of carboxylic acids is 1. The number of aromatic nitrogens is 1. The van der Waals surface area contributed by atoms with Crippen LogP contribution in [0, 0.1) is 13.8 Å². The Morgan fingerprint density at radius 1 is 1.07 bits per heavy atom. The Hall–Kier alpha value is -3.26. The molecule has 0 bridgehead atoms. The molecule has 7 nitrogen and oxygen atoms in total. The van der Waals surface area contributed by atoms with E-state index in [1.54, 1.807) is 61.0 Å². The van der Waals surface area contributed by atoms with E-state index in [4.69, 9.17) is 4.74 Å². The molecule has 1 heterocycles. The topological polar surface area (TPSA) is 97.6 Å². The monoisotopic (exact) mass is 400 g/mol. The summed E-state index contributed by atoms with van der Waals surface area (Å²) in [7, 11) is -2.26. The van der Waals surface area contributed by atoms with Crippen LogP contribution in [0.25, 0.3) is 5.69 Å². The molecule has 0 unspecified atom stereocenters. The molecule has 0 fully saturated rings. The Morgan fingerprint density at radius 3 is 2.43 bits per heavy atom. The molecule has 0 spiro atoms. The molecule has 0 saturated heterocycles. The van der Waals surface area contributed by atoms with Gasteiger partial charge in [-0.15, -0.1) is 0 Å². The minimum Gasteiger partial charge on any atom is -0.497 e. The van der Waals surface area contributed by atoms with E-state index >= 15 is 0 Å². The van der Waals surface area contributed by atoms with Crippen LogP contribution in [0.1, 0.15) is 21.6 Å². The number of hydrogen-bond donors (Lipinski definition) is 2. The third-order valence-electron chi connectivity index (χ3n) is 4.35. The zero-order valence-corrected chi connectivity index (χ0v) is 16.4. The number of carboxylic acid groups (broad SMARTS) is 1. The second-order valence-electron chi connectivity index (χ2n) is 6.31. The lowest BCUT2D eigenvalue weighted by atomic mass is 10.1. The van der Waals surface area contributed by atoms with Crippen molar-refractivity contribution in [2.75, 3.05) is 11.8 Å². The van der Waals surface area contributed by atoms with Gasteiger partial charge in [0.25, 0.3) is 10.0 Å². The fraction of sp³-hybridized carbons (Fsp3) is 0.150. The van der Waals surface area contributed by atoms with Crippen LogP contribution >= 0.6 is 0 Å². The van der Waals surface area contributed by atoms with Gasteiger partial charge in [-0.25, -0.2) is 13.2 Å². The van der Waals surface area contributed by atoms with Gasteiger partial charge in [-0.3, -0.25) is 4.72 Å². The van der Waals surface area contributed by atoms with E-state index in [-0.39, 0.29) is 10.6 Å². The zero-order chi connectivity index (χ0) is 20.5. The summed E-state index contributed by atoms with van der Waals surface area (Å²) >= 11 is 0. The van der Waals surface area contributed by atoms with E-state index in [9.17, 15) is 18.3 Å². The number of rotatable bonds is 6. The molecule has 146 valence electrons. The molecule has 8 heteroatoms. The molecule has 0 aliphatic heterocycles. The lowest BCUT2D eigenvalue weighted by Gasteiger charge is -2.14. The molecule has 0 saturated carbocycles. The second kappa shape index (κ2) is 7.40. The summed E-state index contributed by atoms with van der Waals surface area (Å²) in [4.78, 5) is 11.5. The van der Waals surface area contributed by atoms with E-state index in [0.717, 1.165) is 5.56 Å². The zero-order valence-electron chi connectivity index (χ0n) is 15.6. The van der Waals surface area contributed by atoms with Crippen LogP contribution in [0.5, 0.6) is 5.75 Å². The Balaban J connectivity index is 1.92. The number of sulfonamides is 1. The molecule has 0 atom stereocenters. The highest BCUT2D eigenvalue weighted by Gasteiger charge is 2.18. The van der Waals surface area contributed by atoms with Gasteiger partial charge in [0.15, 0.2) is 0 Å². The van der Waals surface area contributed by atoms with Gasteiger partial charge < -0.3 is 14.4 Å². The first kappa shape index (κ1) is 19.5. The molecular formula is C20H20N2O5S. The van der Waals surface area contributed by atoms with Gasteiger partial charge in [0.1, 0.15) is 11.4 Å². The lowest BCUT2D eigenvalue weighted by molar-refractivity contribution is 0.0688. The molecule has 3 rings (SSSR count). The Morgan fingerprint density at radius 2 is 1.82 bits per heavy atom. The number of anilines is 1. The normalized spacial score (nSPS) is 11.2. The maximum Gasteiger partial charge on any atom is 0.352 e. The quantitative estimate of drug-likeness (QED) is 0.659. The van der Waals surface area contributed by atoms with Crippen LogP contribution in [0.15, 0.2) is 59.6 Å². The van der Waals surface area contributed by atoms with Crippen molar-refractivity contribution < 1.29 is 23.1 Å². The Bertz CT molecular complexity index is 1150. The van der Waals surface area contributed by atoms with Gasteiger partial charge >= 0.3 is 5.97 Å². The van der Waals surface area contributed by atoms with Gasteiger partial charge in [-0.2, -0.15) is 0 Å². The number of carbonyl (C=O) groups is 1. The summed E-state index contributed by atoms with van der Waals surface area (Å²) in [5.74, 6) is -0.457. The molecule has 0 aliphatic carbocycles. The van der Waals surface area contributed by atoms with Crippen LogP contribution in [-0.4, -0.2) is 31.2 Å². The van der Waals surface area contributed by atoms with Gasteiger partial charge in [0.05, 0.1) is 12.0 Å². The second-order valence-corrected chi connectivity index (χ2v) is 7.96. The SMILES string of the molecule is COc1ccc(S(=O)(=O)Nc2ccc(-n3cccc3C(=O)O)c(C)c2)c(C)c1. The van der Waals surface area contributed by atoms with Crippen molar-refractivity contribution in [2.45, 2.75) is 18.7 Å². The number of nitrogens with one attached hydrogen (secondary N) is 1. The van der Waals surface area contributed by atoms with Crippen molar-refractivity contribution in [3.05, 3.63) is 71.5 Å². The van der Waals surface area contributed by atoms with E-state index in [2.05, 4.69) is 4.72 Å². The van der Waals surface area contributed by atoms with E-state index in [1.165, 1.54) is 19.2 Å². The first-order valence-electron chi connectivity index (χ1n) is 8.42. The van der Waals surface area contributed by atoms with E-state index < -0.39 is 16.0 Å². The van der Waals surface area contributed by atoms with Crippen LogP contribution in [-0.2, 0) is 10.0 Å². The number of aryl methyl sites for hydroxylation is 2. The minimum atomic E-state index is -3.78. The largest absolute Gasteiger partial charge is 0.497 e. The highest BCUT2D eigenvalue weighted by molar-refractivity contribution is 7.92. The molecule has 1 aromatic heterocycles. The van der Waals surface area contributed by atoms with Gasteiger partial charge in [0, 0.05) is 17.6 Å². The van der Waals surface area contributed by atoms with Crippen molar-refractivity contribution in [3.8, 4) is 11.4 Å². The van der Waals surface area contributed by atoms with Crippen LogP contribution in [0.3, 0.4) is 0 Å². The molecule has 0 aliphatic rings. The van der Waals surface area contributed by atoms with Gasteiger partial charge in [-0.1, -0.05) is 0 Å². The van der Waals surface area contributed by atoms with E-state index in [1.807, 2.05) is 0 Å². The summed E-state index contributed by atoms with van der Waals surface area (Å²) in [5, 5.41) is 9.28. The summed E-state index contributed by atoms with van der Waals surface area (Å²) in [6, 6.07) is 12.8. The van der Waals surface area contributed by atoms with Crippen LogP contribution < -0.4 is 9.46 Å². The maximum atomic E-state index is 12.8. The number of hydrogen-bond acceptors (Lipinski definition) is 4. The fourth-order valence-electron chi connectivity index (χ4n) is 3.02. The Kier molecular flexibility index (Phi) is 5.15. The fourth-order valence-corrected chi connectivity index (χ4v) is 4.29. The number of ether oxygens (including phenoxy) is 1. The Labute approximate surface area is 163 Å². The minimum absolute atomic E-state index is 0.130. The predicted octanol–water partition coefficient (Wildman–Crippen LogP) is 3.60. The number of methoxy groups -OCH3 is 1. The third-order valence-corrected chi connectivity index (χ3v) is 5.89. The lowest BCUT2D eigenvalue weighted by Crippen LogP contribution is -2.14. The smallest absolute Gasteiger partial charge is 0.352 e. The van der Waals surface area contributed by atoms with Crippen LogP contribution in [0.4, 0.5) is 5.69 Å². The van der Waals surface area contributed by atoms with Crippen molar-refractivity contribution >= 4 is 21.7 Å². The summed E-state index contributed by atoms with van der Waals surface area (Å²) in [6.07, 6.45) is 1.65. The van der Waals surface area contributed by atoms with Crippen molar-refractivity contribution in [1.82, 2.24) is 4.57 Å². The van der Waals surface area contributed by atoms with Gasteiger partial charge in [-0.05, 0) is 73.5 Å². The number of aromatic carboxylic acids is 1.